The van der Waals surface area contributed by atoms with Crippen LogP contribution in [0.1, 0.15) is 26.3 Å². The Morgan fingerprint density at radius 3 is 2.47 bits per heavy atom. The van der Waals surface area contributed by atoms with Gasteiger partial charge in [0.15, 0.2) is 0 Å². The number of phenolic OH excluding ortho intramolecular Hbond substituents is 2. The molecule has 0 saturated carbocycles. The molecule has 7 nitrogen and oxygen atoms in total. The van der Waals surface area contributed by atoms with Crippen molar-refractivity contribution in [1.82, 2.24) is 5.43 Å². The molecule has 0 unspecified atom stereocenters. The molecule has 9 heteroatoms. The lowest BCUT2D eigenvalue weighted by molar-refractivity contribution is 0.0734. The lowest BCUT2D eigenvalue weighted by Crippen LogP contribution is -2.17. The average molecular weight is 490 g/mol. The highest BCUT2D eigenvalue weighted by molar-refractivity contribution is 9.10. The summed E-state index contributed by atoms with van der Waals surface area (Å²) in [4.78, 5) is 24.5. The number of phenols is 2. The van der Waals surface area contributed by atoms with Gasteiger partial charge in [0.1, 0.15) is 17.2 Å². The van der Waals surface area contributed by atoms with E-state index in [0.717, 1.165) is 6.07 Å². The number of hydrazone groups is 1. The minimum atomic E-state index is -0.682. The van der Waals surface area contributed by atoms with Gasteiger partial charge in [-0.25, -0.2) is 10.2 Å². The lowest BCUT2D eigenvalue weighted by atomic mass is 10.2. The zero-order valence-corrected chi connectivity index (χ0v) is 17.5. The van der Waals surface area contributed by atoms with Gasteiger partial charge < -0.3 is 14.9 Å². The molecule has 3 N–H and O–H groups in total. The van der Waals surface area contributed by atoms with Crippen molar-refractivity contribution >= 4 is 45.6 Å². The molecule has 1 amide bonds. The van der Waals surface area contributed by atoms with Gasteiger partial charge in [0, 0.05) is 21.1 Å². The second kappa shape index (κ2) is 9.43. The highest BCUT2D eigenvalue weighted by atomic mass is 79.9. The van der Waals surface area contributed by atoms with E-state index in [-0.39, 0.29) is 22.8 Å². The number of benzene rings is 3. The van der Waals surface area contributed by atoms with Crippen molar-refractivity contribution in [2.24, 2.45) is 5.10 Å². The van der Waals surface area contributed by atoms with Crippen molar-refractivity contribution in [3.05, 3.63) is 86.8 Å². The molecule has 0 atom stereocenters. The maximum Gasteiger partial charge on any atom is 0.343 e. The summed E-state index contributed by atoms with van der Waals surface area (Å²) in [7, 11) is 0. The Morgan fingerprint density at radius 2 is 1.77 bits per heavy atom. The second-order valence-corrected chi connectivity index (χ2v) is 7.33. The van der Waals surface area contributed by atoms with Gasteiger partial charge in [-0.3, -0.25) is 4.79 Å². The molecule has 0 heterocycles. The third-order valence-electron chi connectivity index (χ3n) is 3.85. The molecule has 0 aliphatic rings. The van der Waals surface area contributed by atoms with Crippen LogP contribution in [0.3, 0.4) is 0 Å². The summed E-state index contributed by atoms with van der Waals surface area (Å²) < 4.78 is 6.13. The van der Waals surface area contributed by atoms with Gasteiger partial charge in [0.2, 0.25) is 0 Å². The number of carbonyl (C=O) groups is 2. The van der Waals surface area contributed by atoms with Gasteiger partial charge in [-0.1, -0.05) is 27.5 Å². The van der Waals surface area contributed by atoms with Crippen LogP contribution < -0.4 is 10.2 Å². The molecule has 0 aromatic heterocycles. The van der Waals surface area contributed by atoms with E-state index in [0.29, 0.717) is 20.6 Å². The molecule has 3 aromatic rings. The first kappa shape index (κ1) is 21.4. The van der Waals surface area contributed by atoms with Crippen LogP contribution >= 0.6 is 27.5 Å². The first-order valence-electron chi connectivity index (χ1n) is 8.46. The molecule has 0 aliphatic heterocycles. The molecule has 0 fully saturated rings. The molecule has 3 rings (SSSR count). The van der Waals surface area contributed by atoms with Crippen LogP contribution in [-0.4, -0.2) is 28.3 Å². The number of aromatic hydroxyl groups is 2. The molecule has 152 valence electrons. The predicted molar refractivity (Wildman–Crippen MR) is 115 cm³/mol. The minimum Gasteiger partial charge on any atom is -0.508 e. The van der Waals surface area contributed by atoms with Crippen molar-refractivity contribution < 1.29 is 24.5 Å². The summed E-state index contributed by atoms with van der Waals surface area (Å²) in [5.74, 6) is -1.60. The van der Waals surface area contributed by atoms with E-state index in [4.69, 9.17) is 16.3 Å². The smallest absolute Gasteiger partial charge is 0.343 e. The number of nitrogens with one attached hydrogen (secondary N) is 1. The number of ether oxygens (including phenoxy) is 1. The topological polar surface area (TPSA) is 108 Å². The summed E-state index contributed by atoms with van der Waals surface area (Å²) in [6.45, 7) is 0. The molecule has 30 heavy (non-hydrogen) atoms. The largest absolute Gasteiger partial charge is 0.508 e. The van der Waals surface area contributed by atoms with Crippen LogP contribution in [0.2, 0.25) is 5.02 Å². The zero-order chi connectivity index (χ0) is 21.7. The Balaban J connectivity index is 1.75. The van der Waals surface area contributed by atoms with Crippen LogP contribution in [0.5, 0.6) is 17.2 Å². The fourth-order valence-corrected chi connectivity index (χ4v) is 2.90. The number of hydrogen-bond donors (Lipinski definition) is 3. The number of hydrogen-bond acceptors (Lipinski definition) is 6. The molecular formula is C21H14BrClN2O5. The van der Waals surface area contributed by atoms with Crippen molar-refractivity contribution in [2.75, 3.05) is 0 Å². The predicted octanol–water partition coefficient (Wildman–Crippen LogP) is 4.50. The van der Waals surface area contributed by atoms with E-state index >= 15 is 0 Å². The molecule has 0 radical (unpaired) electrons. The summed E-state index contributed by atoms with van der Waals surface area (Å²) in [6, 6.07) is 14.7. The van der Waals surface area contributed by atoms with Crippen LogP contribution in [0.4, 0.5) is 0 Å². The molecule has 0 saturated heterocycles. The molecule has 0 spiro atoms. The van der Waals surface area contributed by atoms with Crippen molar-refractivity contribution in [3.63, 3.8) is 0 Å². The number of nitrogens with zero attached hydrogens (tertiary/aromatic N) is 1. The Bertz CT molecular complexity index is 1130. The maximum absolute atomic E-state index is 12.4. The standard InChI is InChI=1S/C21H14BrClN2O5/c22-14-3-8-19(30-21(29)12-1-4-15(23)5-2-12)13(9-14)11-24-25-20(28)17-7-6-16(26)10-18(17)27/h1-11,26-27H,(H,25,28). The summed E-state index contributed by atoms with van der Waals surface area (Å²) in [5, 5.41) is 23.4. The van der Waals surface area contributed by atoms with E-state index < -0.39 is 11.9 Å². The van der Waals surface area contributed by atoms with Gasteiger partial charge in [-0.15, -0.1) is 0 Å². The van der Waals surface area contributed by atoms with Crippen LogP contribution in [0.25, 0.3) is 0 Å². The monoisotopic (exact) mass is 488 g/mol. The first-order valence-corrected chi connectivity index (χ1v) is 9.63. The van der Waals surface area contributed by atoms with Crippen LogP contribution in [-0.2, 0) is 0 Å². The van der Waals surface area contributed by atoms with Gasteiger partial charge in [-0.2, -0.15) is 5.10 Å². The highest BCUT2D eigenvalue weighted by Crippen LogP contribution is 2.24. The quantitative estimate of drug-likeness (QED) is 0.212. The Labute approximate surface area is 184 Å². The fraction of sp³-hybridized carbons (Fsp3) is 0. The summed E-state index contributed by atoms with van der Waals surface area (Å²) in [5.41, 5.74) is 2.94. The van der Waals surface area contributed by atoms with Gasteiger partial charge in [0.05, 0.1) is 17.3 Å². The van der Waals surface area contributed by atoms with E-state index in [1.807, 2.05) is 0 Å². The zero-order valence-electron chi connectivity index (χ0n) is 15.2. The molecule has 3 aromatic carbocycles. The second-order valence-electron chi connectivity index (χ2n) is 5.98. The van der Waals surface area contributed by atoms with E-state index in [2.05, 4.69) is 26.5 Å². The van der Waals surface area contributed by atoms with Gasteiger partial charge >= 0.3 is 5.97 Å². The average Bonchev–Trinajstić information content (AvgIpc) is 2.70. The van der Waals surface area contributed by atoms with Gasteiger partial charge in [-0.05, 0) is 54.6 Å². The summed E-state index contributed by atoms with van der Waals surface area (Å²) in [6.07, 6.45) is 1.30. The van der Waals surface area contributed by atoms with Crippen molar-refractivity contribution in [2.45, 2.75) is 0 Å². The van der Waals surface area contributed by atoms with Crippen LogP contribution in [0, 0.1) is 0 Å². The Hall–Kier alpha value is -3.36. The fourth-order valence-electron chi connectivity index (χ4n) is 2.39. The van der Waals surface area contributed by atoms with Crippen LogP contribution in [0.15, 0.2) is 70.2 Å². The summed E-state index contributed by atoms with van der Waals surface area (Å²) >= 11 is 9.15. The van der Waals surface area contributed by atoms with E-state index in [9.17, 15) is 19.8 Å². The highest BCUT2D eigenvalue weighted by Gasteiger charge is 2.13. The third kappa shape index (κ3) is 5.37. The van der Waals surface area contributed by atoms with Gasteiger partial charge in [0.25, 0.3) is 5.91 Å². The van der Waals surface area contributed by atoms with E-state index in [1.54, 1.807) is 42.5 Å². The minimum absolute atomic E-state index is 0.0615. The van der Waals surface area contributed by atoms with Crippen molar-refractivity contribution in [1.29, 1.82) is 0 Å². The number of esters is 1. The maximum atomic E-state index is 12.4. The first-order chi connectivity index (χ1) is 14.3. The Kier molecular flexibility index (Phi) is 6.71. The third-order valence-corrected chi connectivity index (χ3v) is 4.60. The number of halogens is 2. The SMILES string of the molecule is O=C(Oc1ccc(Br)cc1C=NNC(=O)c1ccc(O)cc1O)c1ccc(Cl)cc1. The molecular weight excluding hydrogens is 476 g/mol. The molecule has 0 aliphatic carbocycles. The number of amides is 1. The Morgan fingerprint density at radius 1 is 1.03 bits per heavy atom. The molecule has 0 bridgehead atoms. The number of carbonyl (C=O) groups excluding carboxylic acids is 2. The normalized spacial score (nSPS) is 10.7. The van der Waals surface area contributed by atoms with E-state index in [1.165, 1.54) is 18.3 Å². The number of rotatable bonds is 5. The van der Waals surface area contributed by atoms with Crippen molar-refractivity contribution in [3.8, 4) is 17.2 Å². The lowest BCUT2D eigenvalue weighted by Gasteiger charge is -2.08.